The molecule has 2 aliphatic heterocycles. The van der Waals surface area contributed by atoms with E-state index in [4.69, 9.17) is 4.74 Å². The van der Waals surface area contributed by atoms with E-state index < -0.39 is 15.9 Å². The summed E-state index contributed by atoms with van der Waals surface area (Å²) in [5, 5.41) is 3.07. The normalized spacial score (nSPS) is 24.4. The van der Waals surface area contributed by atoms with Crippen LogP contribution in [0.4, 0.5) is 0 Å². The van der Waals surface area contributed by atoms with Crippen molar-refractivity contribution in [3.63, 3.8) is 0 Å². The van der Waals surface area contributed by atoms with E-state index in [2.05, 4.69) is 48.3 Å². The minimum absolute atomic E-state index is 0.0891. The van der Waals surface area contributed by atoms with Crippen LogP contribution < -0.4 is 5.32 Å². The highest BCUT2D eigenvalue weighted by Gasteiger charge is 2.32. The second-order valence-corrected chi connectivity index (χ2v) is 11.8. The third kappa shape index (κ3) is 6.66. The Labute approximate surface area is 203 Å². The summed E-state index contributed by atoms with van der Waals surface area (Å²) >= 11 is 0. The van der Waals surface area contributed by atoms with Crippen molar-refractivity contribution in [1.82, 2.24) is 15.1 Å². The maximum atomic E-state index is 13.2. The van der Waals surface area contributed by atoms with Gasteiger partial charge in [0, 0.05) is 39.3 Å². The molecule has 1 amide bonds. The molecule has 0 aliphatic carbocycles. The van der Waals surface area contributed by atoms with Gasteiger partial charge in [0.15, 0.2) is 9.84 Å². The van der Waals surface area contributed by atoms with Crippen molar-refractivity contribution in [1.29, 1.82) is 0 Å². The summed E-state index contributed by atoms with van der Waals surface area (Å²) in [6, 6.07) is 17.5. The van der Waals surface area contributed by atoms with Crippen LogP contribution in [0.25, 0.3) is 0 Å². The Bertz CT molecular complexity index is 1040. The monoisotopic (exact) mass is 485 g/mol. The minimum Gasteiger partial charge on any atom is -0.373 e. The summed E-state index contributed by atoms with van der Waals surface area (Å²) in [5.41, 5.74) is 3.16. The van der Waals surface area contributed by atoms with Gasteiger partial charge in [-0.15, -0.1) is 0 Å². The first-order chi connectivity index (χ1) is 16.3. The van der Waals surface area contributed by atoms with E-state index in [1.807, 2.05) is 35.2 Å². The summed E-state index contributed by atoms with van der Waals surface area (Å²) in [6.45, 7) is 8.13. The Morgan fingerprint density at radius 2 is 1.56 bits per heavy atom. The van der Waals surface area contributed by atoms with E-state index in [0.29, 0.717) is 19.6 Å². The van der Waals surface area contributed by atoms with Crippen LogP contribution in [0.1, 0.15) is 36.6 Å². The number of carbonyl (C=O) groups is 1. The van der Waals surface area contributed by atoms with E-state index in [0.717, 1.165) is 30.8 Å². The first-order valence-corrected chi connectivity index (χ1v) is 13.8. The molecule has 2 aromatic carbocycles. The second kappa shape index (κ2) is 11.0. The maximum absolute atomic E-state index is 13.2. The summed E-state index contributed by atoms with van der Waals surface area (Å²) in [5.74, 6) is 0.0724. The summed E-state index contributed by atoms with van der Waals surface area (Å²) in [6.07, 6.45) is 0.492. The zero-order valence-corrected chi connectivity index (χ0v) is 20.8. The number of sulfone groups is 1. The lowest BCUT2D eigenvalue weighted by atomic mass is 10.0. The zero-order chi connectivity index (χ0) is 24.1. The summed E-state index contributed by atoms with van der Waals surface area (Å²) in [7, 11) is -3.02. The molecule has 0 radical (unpaired) electrons. The van der Waals surface area contributed by atoms with Gasteiger partial charge < -0.3 is 10.1 Å². The SMILES string of the molecule is CC1CN(Cc2ccc(CNC(=O)C(c3ccccc3)N3CCS(=O)(=O)CC3)cc2)CC(C)O1. The third-order valence-corrected chi connectivity index (χ3v) is 8.11. The Hall–Kier alpha value is -2.26. The molecule has 2 heterocycles. The number of nitrogens with zero attached hydrogens (tertiary/aromatic N) is 2. The number of carbonyl (C=O) groups excluding carboxylic acids is 1. The largest absolute Gasteiger partial charge is 0.373 e. The maximum Gasteiger partial charge on any atom is 0.242 e. The van der Waals surface area contributed by atoms with E-state index in [9.17, 15) is 13.2 Å². The molecular formula is C26H35N3O4S. The highest BCUT2D eigenvalue weighted by molar-refractivity contribution is 7.91. The number of ether oxygens (including phenoxy) is 1. The highest BCUT2D eigenvalue weighted by Crippen LogP contribution is 2.23. The molecule has 2 saturated heterocycles. The number of morpholine rings is 1. The van der Waals surface area contributed by atoms with Crippen LogP contribution in [0.3, 0.4) is 0 Å². The molecule has 2 aromatic rings. The first kappa shape index (κ1) is 24.9. The second-order valence-electron chi connectivity index (χ2n) is 9.49. The standard InChI is InChI=1S/C26H35N3O4S/c1-20-17-28(18-21(2)33-20)19-23-10-8-22(9-11-23)16-27-26(30)25(24-6-4-3-5-7-24)29-12-14-34(31,32)15-13-29/h3-11,20-21,25H,12-19H2,1-2H3,(H,27,30). The van der Waals surface area contributed by atoms with Crippen LogP contribution in [0.15, 0.2) is 54.6 Å². The number of rotatable bonds is 7. The molecule has 8 heteroatoms. The predicted molar refractivity (Wildman–Crippen MR) is 133 cm³/mol. The van der Waals surface area contributed by atoms with Gasteiger partial charge in [-0.1, -0.05) is 54.6 Å². The van der Waals surface area contributed by atoms with Crippen molar-refractivity contribution < 1.29 is 17.9 Å². The molecule has 0 aromatic heterocycles. The molecule has 7 nitrogen and oxygen atoms in total. The van der Waals surface area contributed by atoms with Crippen molar-refractivity contribution in [3.8, 4) is 0 Å². The van der Waals surface area contributed by atoms with Gasteiger partial charge in [0.1, 0.15) is 6.04 Å². The molecule has 2 aliphatic rings. The van der Waals surface area contributed by atoms with Gasteiger partial charge in [-0.2, -0.15) is 0 Å². The van der Waals surface area contributed by atoms with Crippen LogP contribution in [0, 0.1) is 0 Å². The number of hydrogen-bond acceptors (Lipinski definition) is 6. The lowest BCUT2D eigenvalue weighted by molar-refractivity contribution is -0.126. The fraction of sp³-hybridized carbons (Fsp3) is 0.500. The Morgan fingerprint density at radius 3 is 2.18 bits per heavy atom. The number of hydrogen-bond donors (Lipinski definition) is 1. The van der Waals surface area contributed by atoms with Crippen LogP contribution >= 0.6 is 0 Å². The molecule has 4 rings (SSSR count). The van der Waals surface area contributed by atoms with Crippen molar-refractivity contribution >= 4 is 15.7 Å². The average molecular weight is 486 g/mol. The van der Waals surface area contributed by atoms with Gasteiger partial charge in [-0.25, -0.2) is 8.42 Å². The lowest BCUT2D eigenvalue weighted by Gasteiger charge is -2.35. The van der Waals surface area contributed by atoms with Crippen molar-refractivity contribution in [2.45, 2.75) is 45.2 Å². The zero-order valence-electron chi connectivity index (χ0n) is 20.0. The predicted octanol–water partition coefficient (Wildman–Crippen LogP) is 2.38. The fourth-order valence-corrected chi connectivity index (χ4v) is 6.10. The molecule has 1 N–H and O–H groups in total. The van der Waals surface area contributed by atoms with E-state index in [-0.39, 0.29) is 29.6 Å². The van der Waals surface area contributed by atoms with Crippen molar-refractivity contribution in [2.75, 3.05) is 37.7 Å². The minimum atomic E-state index is -3.02. The van der Waals surface area contributed by atoms with Gasteiger partial charge in [-0.05, 0) is 30.5 Å². The Kier molecular flexibility index (Phi) is 8.03. The molecule has 184 valence electrons. The Balaban J connectivity index is 1.37. The summed E-state index contributed by atoms with van der Waals surface area (Å²) < 4.78 is 29.6. The number of amides is 1. The molecule has 0 bridgehead atoms. The topological polar surface area (TPSA) is 79.0 Å². The molecule has 3 atom stereocenters. The van der Waals surface area contributed by atoms with E-state index in [1.54, 1.807) is 0 Å². The van der Waals surface area contributed by atoms with Gasteiger partial charge >= 0.3 is 0 Å². The number of benzene rings is 2. The van der Waals surface area contributed by atoms with Gasteiger partial charge in [-0.3, -0.25) is 14.6 Å². The number of nitrogens with one attached hydrogen (secondary N) is 1. The van der Waals surface area contributed by atoms with Crippen LogP contribution in [0.2, 0.25) is 0 Å². The first-order valence-electron chi connectivity index (χ1n) is 12.0. The highest BCUT2D eigenvalue weighted by atomic mass is 32.2. The molecule has 34 heavy (non-hydrogen) atoms. The van der Waals surface area contributed by atoms with Crippen LogP contribution in [-0.4, -0.2) is 74.0 Å². The molecule has 3 unspecified atom stereocenters. The fourth-order valence-electron chi connectivity index (χ4n) is 4.87. The third-order valence-electron chi connectivity index (χ3n) is 6.50. The van der Waals surface area contributed by atoms with Gasteiger partial charge in [0.2, 0.25) is 5.91 Å². The molecule has 0 saturated carbocycles. The van der Waals surface area contributed by atoms with Crippen molar-refractivity contribution in [3.05, 3.63) is 71.3 Å². The lowest BCUT2D eigenvalue weighted by Crippen LogP contribution is -2.47. The van der Waals surface area contributed by atoms with Crippen molar-refractivity contribution in [2.24, 2.45) is 0 Å². The van der Waals surface area contributed by atoms with Gasteiger partial charge in [0.25, 0.3) is 0 Å². The summed E-state index contributed by atoms with van der Waals surface area (Å²) in [4.78, 5) is 17.6. The van der Waals surface area contributed by atoms with E-state index >= 15 is 0 Å². The van der Waals surface area contributed by atoms with Gasteiger partial charge in [0.05, 0.1) is 23.7 Å². The van der Waals surface area contributed by atoms with Crippen LogP contribution in [0.5, 0.6) is 0 Å². The Morgan fingerprint density at radius 1 is 0.971 bits per heavy atom. The van der Waals surface area contributed by atoms with Crippen LogP contribution in [-0.2, 0) is 32.5 Å². The molecule has 0 spiro atoms. The quantitative estimate of drug-likeness (QED) is 0.649. The smallest absolute Gasteiger partial charge is 0.242 e. The molecule has 2 fully saturated rings. The van der Waals surface area contributed by atoms with E-state index in [1.165, 1.54) is 5.56 Å². The molecular weight excluding hydrogens is 450 g/mol. The average Bonchev–Trinajstić information content (AvgIpc) is 2.80.